The number of fused-ring (bicyclic) bond motifs is 2. The maximum absolute atomic E-state index is 13.6. The molecule has 0 bridgehead atoms. The van der Waals surface area contributed by atoms with Crippen LogP contribution in [0.25, 0.3) is 28.0 Å². The van der Waals surface area contributed by atoms with Gasteiger partial charge in [-0.3, -0.25) is 4.57 Å². The van der Waals surface area contributed by atoms with Crippen molar-refractivity contribution in [1.82, 2.24) is 14.8 Å². The van der Waals surface area contributed by atoms with Crippen LogP contribution in [0.4, 0.5) is 13.2 Å². The largest absolute Gasteiger partial charge is 0.497 e. The summed E-state index contributed by atoms with van der Waals surface area (Å²) in [5, 5.41) is 9.92. The molecule has 10 heteroatoms. The summed E-state index contributed by atoms with van der Waals surface area (Å²) >= 11 is 1.29. The van der Waals surface area contributed by atoms with E-state index in [0.29, 0.717) is 33.6 Å². The molecule has 0 unspecified atom stereocenters. The van der Waals surface area contributed by atoms with Gasteiger partial charge in [-0.05, 0) is 90.6 Å². The number of rotatable bonds is 6. The van der Waals surface area contributed by atoms with Gasteiger partial charge in [-0.1, -0.05) is 17.8 Å². The molecule has 1 aliphatic carbocycles. The van der Waals surface area contributed by atoms with E-state index >= 15 is 0 Å². The average molecular weight is 550 g/mol. The molecular formula is C29H22F3N3O3S. The number of hydrogen-bond donors (Lipinski definition) is 0. The first-order valence-corrected chi connectivity index (χ1v) is 13.3. The minimum Gasteiger partial charge on any atom is -0.497 e. The van der Waals surface area contributed by atoms with Crippen molar-refractivity contribution in [2.45, 2.75) is 36.3 Å². The molecule has 0 saturated heterocycles. The van der Waals surface area contributed by atoms with E-state index in [2.05, 4.69) is 16.3 Å². The minimum absolute atomic E-state index is 0.276. The maximum atomic E-state index is 13.6. The molecule has 0 radical (unpaired) electrons. The Morgan fingerprint density at radius 3 is 2.51 bits per heavy atom. The van der Waals surface area contributed by atoms with Crippen LogP contribution < -0.4 is 10.4 Å². The van der Waals surface area contributed by atoms with Gasteiger partial charge in [0.1, 0.15) is 11.3 Å². The summed E-state index contributed by atoms with van der Waals surface area (Å²) in [6, 6.07) is 17.6. The lowest BCUT2D eigenvalue weighted by atomic mass is 10.0. The highest BCUT2D eigenvalue weighted by atomic mass is 32.2. The number of benzene rings is 3. The van der Waals surface area contributed by atoms with Crippen molar-refractivity contribution in [3.63, 3.8) is 0 Å². The Bertz CT molecular complexity index is 1740. The molecule has 0 saturated carbocycles. The van der Waals surface area contributed by atoms with Crippen LogP contribution in [0.1, 0.15) is 28.7 Å². The molecular weight excluding hydrogens is 527 g/mol. The highest BCUT2D eigenvalue weighted by Crippen LogP contribution is 2.36. The minimum atomic E-state index is -4.51. The lowest BCUT2D eigenvalue weighted by molar-refractivity contribution is -0.137. The fraction of sp³-hybridized carbons (Fsp3) is 0.207. The summed E-state index contributed by atoms with van der Waals surface area (Å²) in [5.74, 6) is 1.37. The fourth-order valence-corrected chi connectivity index (χ4v) is 5.84. The molecule has 0 fully saturated rings. The Kier molecular flexibility index (Phi) is 6.42. The van der Waals surface area contributed by atoms with Crippen LogP contribution >= 0.6 is 11.8 Å². The molecule has 0 atom stereocenters. The number of nitrogens with zero attached hydrogens (tertiary/aromatic N) is 3. The van der Waals surface area contributed by atoms with E-state index in [1.165, 1.54) is 35.0 Å². The number of methoxy groups -OCH3 is 1. The Morgan fingerprint density at radius 1 is 1.00 bits per heavy atom. The number of aryl methyl sites for hydroxylation is 2. The van der Waals surface area contributed by atoms with Crippen LogP contribution in [0.15, 0.2) is 81.1 Å². The number of ether oxygens (including phenoxy) is 1. The van der Waals surface area contributed by atoms with Crippen LogP contribution in [0.2, 0.25) is 0 Å². The molecule has 0 spiro atoms. The normalized spacial score (nSPS) is 13.1. The maximum Gasteiger partial charge on any atom is 0.416 e. The molecule has 1 aliphatic rings. The summed E-state index contributed by atoms with van der Waals surface area (Å²) in [4.78, 5) is 12.4. The van der Waals surface area contributed by atoms with Crippen LogP contribution in [0.5, 0.6) is 5.75 Å². The van der Waals surface area contributed by atoms with Crippen LogP contribution in [0, 0.1) is 0 Å². The zero-order valence-corrected chi connectivity index (χ0v) is 21.6. The third-order valence-electron chi connectivity index (χ3n) is 6.81. The topological polar surface area (TPSA) is 70.2 Å². The highest BCUT2D eigenvalue weighted by molar-refractivity contribution is 7.98. The van der Waals surface area contributed by atoms with Gasteiger partial charge in [0.05, 0.1) is 18.4 Å². The molecule has 6 nitrogen and oxygen atoms in total. The first-order chi connectivity index (χ1) is 18.8. The van der Waals surface area contributed by atoms with Gasteiger partial charge in [-0.15, -0.1) is 10.2 Å². The van der Waals surface area contributed by atoms with E-state index in [9.17, 15) is 18.0 Å². The number of aromatic nitrogens is 3. The van der Waals surface area contributed by atoms with Gasteiger partial charge in [-0.25, -0.2) is 4.79 Å². The fourth-order valence-electron chi connectivity index (χ4n) is 4.90. The summed E-state index contributed by atoms with van der Waals surface area (Å²) in [6.45, 7) is 0. The third kappa shape index (κ3) is 4.92. The molecule has 3 aromatic carbocycles. The lowest BCUT2D eigenvalue weighted by Gasteiger charge is -2.14. The van der Waals surface area contributed by atoms with Gasteiger partial charge >= 0.3 is 11.8 Å². The molecule has 2 aromatic heterocycles. The quantitative estimate of drug-likeness (QED) is 0.170. The monoisotopic (exact) mass is 549 g/mol. The van der Waals surface area contributed by atoms with Crippen molar-refractivity contribution in [3.05, 3.63) is 99.4 Å². The summed E-state index contributed by atoms with van der Waals surface area (Å²) in [5.41, 5.74) is 3.47. The van der Waals surface area contributed by atoms with Crippen molar-refractivity contribution < 1.29 is 22.3 Å². The van der Waals surface area contributed by atoms with Crippen molar-refractivity contribution in [2.75, 3.05) is 7.11 Å². The Morgan fingerprint density at radius 2 is 1.77 bits per heavy atom. The predicted octanol–water partition coefficient (Wildman–Crippen LogP) is 6.85. The summed E-state index contributed by atoms with van der Waals surface area (Å²) in [7, 11) is 1.55. The number of hydrogen-bond acceptors (Lipinski definition) is 6. The van der Waals surface area contributed by atoms with Crippen molar-refractivity contribution in [1.29, 1.82) is 0 Å². The van der Waals surface area contributed by atoms with Gasteiger partial charge in [0.15, 0.2) is 11.0 Å². The van der Waals surface area contributed by atoms with Gasteiger partial charge < -0.3 is 9.15 Å². The van der Waals surface area contributed by atoms with E-state index in [1.54, 1.807) is 42.0 Å². The van der Waals surface area contributed by atoms with Crippen molar-refractivity contribution in [3.8, 4) is 22.8 Å². The second-order valence-corrected chi connectivity index (χ2v) is 10.2. The van der Waals surface area contributed by atoms with Crippen molar-refractivity contribution >= 4 is 22.7 Å². The first kappa shape index (κ1) is 25.2. The van der Waals surface area contributed by atoms with Crippen LogP contribution in [-0.2, 0) is 24.8 Å². The van der Waals surface area contributed by atoms with Gasteiger partial charge in [0, 0.05) is 22.8 Å². The molecule has 5 aromatic rings. The van der Waals surface area contributed by atoms with Gasteiger partial charge in [-0.2, -0.15) is 13.2 Å². The zero-order chi connectivity index (χ0) is 27.1. The van der Waals surface area contributed by atoms with Crippen LogP contribution in [-0.4, -0.2) is 21.9 Å². The second-order valence-electron chi connectivity index (χ2n) is 9.27. The summed E-state index contributed by atoms with van der Waals surface area (Å²) < 4.78 is 53.0. The van der Waals surface area contributed by atoms with E-state index in [0.717, 1.165) is 42.3 Å². The standard InChI is InChI=1S/C29H22F3N3O3S/c1-37-23-10-8-17(9-11-23)27-33-34-28(35(27)22-7-3-6-21(15-22)29(30,31)32)39-16-20-14-26(36)38-25-13-19-5-2-4-18(19)12-24(20)25/h3,6-15H,2,4-5,16H2,1H3. The predicted molar refractivity (Wildman–Crippen MR) is 142 cm³/mol. The third-order valence-corrected chi connectivity index (χ3v) is 7.79. The smallest absolute Gasteiger partial charge is 0.416 e. The Balaban J connectivity index is 1.43. The Labute approximate surface area is 225 Å². The molecule has 0 N–H and O–H groups in total. The van der Waals surface area contributed by atoms with E-state index < -0.39 is 17.4 Å². The molecule has 6 rings (SSSR count). The van der Waals surface area contributed by atoms with E-state index in [-0.39, 0.29) is 5.69 Å². The SMILES string of the molecule is COc1ccc(-c2nnc(SCc3cc(=O)oc4cc5c(cc34)CCC5)n2-c2cccc(C(F)(F)F)c2)cc1. The molecule has 0 aliphatic heterocycles. The Hall–Kier alpha value is -4.05. The van der Waals surface area contributed by atoms with E-state index in [4.69, 9.17) is 9.15 Å². The molecule has 2 heterocycles. The zero-order valence-electron chi connectivity index (χ0n) is 20.8. The first-order valence-electron chi connectivity index (χ1n) is 12.3. The number of alkyl halides is 3. The molecule has 0 amide bonds. The number of halogens is 3. The number of thioether (sulfide) groups is 1. The second kappa shape index (κ2) is 9.92. The van der Waals surface area contributed by atoms with Gasteiger partial charge in [0.25, 0.3) is 0 Å². The van der Waals surface area contributed by atoms with Crippen molar-refractivity contribution in [2.24, 2.45) is 0 Å². The molecule has 39 heavy (non-hydrogen) atoms. The highest BCUT2D eigenvalue weighted by Gasteiger charge is 2.31. The molecule has 198 valence electrons. The lowest BCUT2D eigenvalue weighted by Crippen LogP contribution is -2.07. The van der Waals surface area contributed by atoms with E-state index in [1.807, 2.05) is 6.07 Å². The van der Waals surface area contributed by atoms with Crippen LogP contribution in [0.3, 0.4) is 0 Å². The summed E-state index contributed by atoms with van der Waals surface area (Å²) in [6.07, 6.45) is -1.50. The average Bonchev–Trinajstić information content (AvgIpc) is 3.57. The van der Waals surface area contributed by atoms with Gasteiger partial charge in [0.2, 0.25) is 0 Å².